The summed E-state index contributed by atoms with van der Waals surface area (Å²) in [5.41, 5.74) is 7.87. The number of pyridine rings is 1. The molecule has 2 aromatic carbocycles. The molecule has 0 saturated heterocycles. The van der Waals surface area contributed by atoms with Crippen molar-refractivity contribution in [2.24, 2.45) is 5.73 Å². The molecule has 0 bridgehead atoms. The number of rotatable bonds is 8. The lowest BCUT2D eigenvalue weighted by Crippen LogP contribution is -2.53. The molecule has 0 radical (unpaired) electrons. The highest BCUT2D eigenvalue weighted by Crippen LogP contribution is 2.37. The molecule has 11 heteroatoms. The third-order valence-corrected chi connectivity index (χ3v) is 6.05. The van der Waals surface area contributed by atoms with Crippen LogP contribution in [0.2, 0.25) is 5.02 Å². The molecule has 0 spiro atoms. The fourth-order valence-corrected chi connectivity index (χ4v) is 4.35. The first-order valence-corrected chi connectivity index (χ1v) is 11.3. The van der Waals surface area contributed by atoms with E-state index in [0.29, 0.717) is 28.4 Å². The summed E-state index contributed by atoms with van der Waals surface area (Å²) >= 11 is 6.21. The van der Waals surface area contributed by atoms with Crippen molar-refractivity contribution in [3.8, 4) is 11.5 Å². The second kappa shape index (κ2) is 10.5. The van der Waals surface area contributed by atoms with E-state index in [1.54, 1.807) is 30.3 Å². The average molecular weight is 510 g/mol. The van der Waals surface area contributed by atoms with E-state index in [4.69, 9.17) is 26.8 Å². The Bertz CT molecular complexity index is 1300. The molecule has 1 aliphatic heterocycles. The topological polar surface area (TPSA) is 127 Å². The third kappa shape index (κ3) is 4.89. The Hall–Kier alpha value is -4.31. The van der Waals surface area contributed by atoms with Crippen molar-refractivity contribution >= 4 is 40.8 Å². The van der Waals surface area contributed by atoms with Gasteiger partial charge in [0.2, 0.25) is 11.8 Å². The van der Waals surface area contributed by atoms with Crippen molar-refractivity contribution in [1.82, 2.24) is 9.88 Å². The van der Waals surface area contributed by atoms with Crippen LogP contribution >= 0.6 is 11.6 Å². The van der Waals surface area contributed by atoms with Gasteiger partial charge in [-0.3, -0.25) is 19.5 Å². The molecule has 1 aromatic heterocycles. The van der Waals surface area contributed by atoms with Gasteiger partial charge >= 0.3 is 6.03 Å². The number of aromatic nitrogens is 1. The van der Waals surface area contributed by atoms with E-state index in [0.717, 1.165) is 5.56 Å². The summed E-state index contributed by atoms with van der Waals surface area (Å²) in [5.74, 6) is -0.478. The van der Waals surface area contributed by atoms with Crippen molar-refractivity contribution < 1.29 is 23.9 Å². The van der Waals surface area contributed by atoms with Crippen LogP contribution in [0.25, 0.3) is 0 Å². The van der Waals surface area contributed by atoms with Gasteiger partial charge in [-0.1, -0.05) is 29.8 Å². The monoisotopic (exact) mass is 509 g/mol. The summed E-state index contributed by atoms with van der Waals surface area (Å²) in [6.07, 6.45) is 3.04. The van der Waals surface area contributed by atoms with Gasteiger partial charge in [0.15, 0.2) is 0 Å². The van der Waals surface area contributed by atoms with Gasteiger partial charge in [0, 0.05) is 18.5 Å². The SMILES string of the molecule is COc1cc(OC)c(NC(=O)CN2C(=O)N(C(C(N)=O)c3ccncc3)Cc3ccccc32)cc1Cl. The maximum absolute atomic E-state index is 13.6. The molecule has 0 saturated carbocycles. The van der Waals surface area contributed by atoms with Crippen molar-refractivity contribution in [2.75, 3.05) is 31.0 Å². The lowest BCUT2D eigenvalue weighted by Gasteiger charge is -2.40. The Morgan fingerprint density at radius 3 is 2.47 bits per heavy atom. The Labute approximate surface area is 212 Å². The van der Waals surface area contributed by atoms with Crippen LogP contribution in [0, 0.1) is 0 Å². The summed E-state index contributed by atoms with van der Waals surface area (Å²) in [7, 11) is 2.92. The van der Waals surface area contributed by atoms with Gasteiger partial charge in [0.1, 0.15) is 24.1 Å². The van der Waals surface area contributed by atoms with Crippen LogP contribution in [-0.4, -0.2) is 48.5 Å². The standard InChI is InChI=1S/C25H24ClN5O5/c1-35-20-12-21(36-2)18(11-17(20)26)29-22(32)14-30-19-6-4-3-5-16(19)13-31(25(30)34)23(24(27)33)15-7-9-28-10-8-15/h3-12,23H,13-14H2,1-2H3,(H2,27,33)(H,29,32). The van der Waals surface area contributed by atoms with E-state index in [-0.39, 0.29) is 18.1 Å². The van der Waals surface area contributed by atoms with Crippen molar-refractivity contribution in [1.29, 1.82) is 0 Å². The van der Waals surface area contributed by atoms with Gasteiger partial charge in [-0.05, 0) is 35.4 Å². The number of para-hydroxylation sites is 1. The van der Waals surface area contributed by atoms with Crippen molar-refractivity contribution in [3.05, 3.63) is 77.1 Å². The molecule has 4 amide bonds. The van der Waals surface area contributed by atoms with E-state index < -0.39 is 23.9 Å². The lowest BCUT2D eigenvalue weighted by molar-refractivity contribution is -0.122. The van der Waals surface area contributed by atoms with Crippen LogP contribution in [0.15, 0.2) is 60.9 Å². The molecule has 1 unspecified atom stereocenters. The quantitative estimate of drug-likeness (QED) is 0.479. The highest BCUT2D eigenvalue weighted by molar-refractivity contribution is 6.32. The molecule has 186 valence electrons. The molecule has 0 fully saturated rings. The van der Waals surface area contributed by atoms with E-state index >= 15 is 0 Å². The number of nitrogens with one attached hydrogen (secondary N) is 1. The number of fused-ring (bicyclic) bond motifs is 1. The number of halogens is 1. The van der Waals surface area contributed by atoms with Crippen LogP contribution in [-0.2, 0) is 16.1 Å². The largest absolute Gasteiger partial charge is 0.495 e. The van der Waals surface area contributed by atoms with Crippen LogP contribution in [0.4, 0.5) is 16.2 Å². The Morgan fingerprint density at radius 1 is 1.11 bits per heavy atom. The predicted molar refractivity (Wildman–Crippen MR) is 134 cm³/mol. The van der Waals surface area contributed by atoms with Gasteiger partial charge in [-0.2, -0.15) is 0 Å². The number of urea groups is 1. The maximum Gasteiger partial charge on any atom is 0.326 e. The fraction of sp³-hybridized carbons (Fsp3) is 0.200. The van der Waals surface area contributed by atoms with E-state index in [2.05, 4.69) is 10.3 Å². The zero-order valence-corrected chi connectivity index (χ0v) is 20.4. The number of amides is 4. The normalized spacial score (nSPS) is 13.6. The number of benzene rings is 2. The molecular weight excluding hydrogens is 486 g/mol. The minimum absolute atomic E-state index is 0.144. The second-order valence-electron chi connectivity index (χ2n) is 7.95. The van der Waals surface area contributed by atoms with E-state index in [9.17, 15) is 14.4 Å². The van der Waals surface area contributed by atoms with Crippen LogP contribution in [0.3, 0.4) is 0 Å². The molecule has 2 heterocycles. The number of carbonyl (C=O) groups excluding carboxylic acids is 3. The third-order valence-electron chi connectivity index (χ3n) is 5.75. The number of ether oxygens (including phenoxy) is 2. The highest BCUT2D eigenvalue weighted by Gasteiger charge is 2.38. The van der Waals surface area contributed by atoms with Crippen LogP contribution in [0.5, 0.6) is 11.5 Å². The average Bonchev–Trinajstić information content (AvgIpc) is 2.87. The summed E-state index contributed by atoms with van der Waals surface area (Å²) in [6, 6.07) is 11.9. The number of nitrogens with zero attached hydrogens (tertiary/aromatic N) is 3. The fourth-order valence-electron chi connectivity index (χ4n) is 4.11. The van der Waals surface area contributed by atoms with Gasteiger partial charge in [-0.15, -0.1) is 0 Å². The molecule has 0 aliphatic carbocycles. The number of hydrogen-bond acceptors (Lipinski definition) is 6. The first-order chi connectivity index (χ1) is 17.3. The van der Waals surface area contributed by atoms with Gasteiger partial charge in [0.05, 0.1) is 37.2 Å². The first kappa shape index (κ1) is 24.8. The number of nitrogens with two attached hydrogens (primary N) is 1. The van der Waals surface area contributed by atoms with Gasteiger partial charge < -0.3 is 25.4 Å². The minimum Gasteiger partial charge on any atom is -0.495 e. The highest BCUT2D eigenvalue weighted by atomic mass is 35.5. The maximum atomic E-state index is 13.6. The summed E-state index contributed by atoms with van der Waals surface area (Å²) in [5, 5.41) is 3.01. The Balaban J connectivity index is 1.64. The van der Waals surface area contributed by atoms with Crippen LogP contribution < -0.4 is 25.4 Å². The molecule has 1 atom stereocenters. The Kier molecular flexibility index (Phi) is 7.25. The van der Waals surface area contributed by atoms with Crippen LogP contribution in [0.1, 0.15) is 17.2 Å². The number of primary amides is 1. The number of carbonyl (C=O) groups is 3. The van der Waals surface area contributed by atoms with E-state index in [1.807, 2.05) is 12.1 Å². The number of anilines is 2. The second-order valence-corrected chi connectivity index (χ2v) is 8.35. The predicted octanol–water partition coefficient (Wildman–Crippen LogP) is 3.36. The molecule has 3 aromatic rings. The molecule has 4 rings (SSSR count). The van der Waals surface area contributed by atoms with Crippen molar-refractivity contribution in [2.45, 2.75) is 12.6 Å². The number of methoxy groups -OCH3 is 2. The van der Waals surface area contributed by atoms with Crippen molar-refractivity contribution in [3.63, 3.8) is 0 Å². The molecule has 36 heavy (non-hydrogen) atoms. The van der Waals surface area contributed by atoms with E-state index in [1.165, 1.54) is 42.5 Å². The summed E-state index contributed by atoms with van der Waals surface area (Å²) in [6.45, 7) is -0.189. The number of hydrogen-bond donors (Lipinski definition) is 2. The summed E-state index contributed by atoms with van der Waals surface area (Å²) < 4.78 is 10.5. The summed E-state index contributed by atoms with van der Waals surface area (Å²) in [4.78, 5) is 45.8. The van der Waals surface area contributed by atoms with Gasteiger partial charge in [-0.25, -0.2) is 4.79 Å². The molecular formula is C25H24ClN5O5. The van der Waals surface area contributed by atoms with Gasteiger partial charge in [0.25, 0.3) is 0 Å². The molecule has 10 nitrogen and oxygen atoms in total. The zero-order chi connectivity index (χ0) is 25.8. The molecule has 1 aliphatic rings. The molecule has 3 N–H and O–H groups in total. The smallest absolute Gasteiger partial charge is 0.326 e. The lowest BCUT2D eigenvalue weighted by atomic mass is 10.0. The Morgan fingerprint density at radius 2 is 1.81 bits per heavy atom. The first-order valence-electron chi connectivity index (χ1n) is 10.9. The minimum atomic E-state index is -1.04. The zero-order valence-electron chi connectivity index (χ0n) is 19.6.